The van der Waals surface area contributed by atoms with Crippen molar-refractivity contribution >= 4 is 18.2 Å². The van der Waals surface area contributed by atoms with Crippen molar-refractivity contribution in [2.45, 2.75) is 34.6 Å². The Kier molecular flexibility index (Phi) is 20.3. The number of hydrogen-bond donors (Lipinski definition) is 1. The molecule has 0 amide bonds. The third kappa shape index (κ3) is 18.6. The van der Waals surface area contributed by atoms with Crippen LogP contribution in [-0.2, 0) is 41.9 Å². The first-order chi connectivity index (χ1) is 10.7. The monoisotopic (exact) mass is 434 g/mol. The molecule has 3 N–H and O–H groups in total. The summed E-state index contributed by atoms with van der Waals surface area (Å²) in [5, 5.41) is 0. The summed E-state index contributed by atoms with van der Waals surface area (Å²) in [6, 6.07) is 0. The molecule has 0 aliphatic carbocycles. The van der Waals surface area contributed by atoms with Gasteiger partial charge in [0, 0.05) is 12.3 Å². The van der Waals surface area contributed by atoms with Crippen molar-refractivity contribution in [1.82, 2.24) is 11.1 Å². The summed E-state index contributed by atoms with van der Waals surface area (Å²) >= 11 is -3.62. The molecule has 0 aliphatic heterocycles. The molecular weight excluding hydrogens is 402 g/mol. The first kappa shape index (κ1) is 29.1. The zero-order valence-electron chi connectivity index (χ0n) is 15.2. The van der Waals surface area contributed by atoms with Crippen molar-refractivity contribution < 1.29 is 41.9 Å². The van der Waals surface area contributed by atoms with Gasteiger partial charge in [-0.1, -0.05) is 13.8 Å². The summed E-state index contributed by atoms with van der Waals surface area (Å²) < 4.78 is 54.7. The van der Waals surface area contributed by atoms with Gasteiger partial charge in [0.25, 0.3) is 0 Å². The van der Waals surface area contributed by atoms with Crippen LogP contribution in [0.3, 0.4) is 0 Å². The van der Waals surface area contributed by atoms with Gasteiger partial charge in [-0.05, 0) is 38.3 Å². The fourth-order valence-electron chi connectivity index (χ4n) is 1.38. The van der Waals surface area contributed by atoms with Gasteiger partial charge in [-0.2, -0.15) is 0 Å². The smallest absolute Gasteiger partial charge is 0.344 e. The molecule has 12 heteroatoms. The Morgan fingerprint density at radius 3 is 1.62 bits per heavy atom. The van der Waals surface area contributed by atoms with Crippen LogP contribution >= 0.6 is 18.2 Å². The van der Waals surface area contributed by atoms with Crippen molar-refractivity contribution in [1.29, 1.82) is 0 Å². The van der Waals surface area contributed by atoms with Crippen LogP contribution < -0.4 is 6.15 Å². The Labute approximate surface area is 151 Å². The minimum atomic E-state index is -4.92. The van der Waals surface area contributed by atoms with E-state index >= 15 is 0 Å². The quantitative estimate of drug-likeness (QED) is 0.359. The third-order valence-electron chi connectivity index (χ3n) is 2.37. The van der Waals surface area contributed by atoms with Crippen LogP contribution in [0.25, 0.3) is 0 Å². The van der Waals surface area contributed by atoms with Gasteiger partial charge < -0.3 is 20.1 Å². The summed E-state index contributed by atoms with van der Waals surface area (Å²) in [6.07, 6.45) is 0. The van der Waals surface area contributed by atoms with Gasteiger partial charge in [-0.25, -0.2) is 4.57 Å². The molecule has 0 radical (unpaired) electrons. The Balaban J connectivity index is -0.000000468. The fourth-order valence-corrected chi connectivity index (χ4v) is 5.22. The molecule has 0 bridgehead atoms. The van der Waals surface area contributed by atoms with Crippen molar-refractivity contribution in [3.63, 3.8) is 0 Å². The predicted molar refractivity (Wildman–Crippen MR) is 89.8 cm³/mol. The van der Waals surface area contributed by atoms with Gasteiger partial charge in [0.15, 0.2) is 0 Å². The van der Waals surface area contributed by atoms with E-state index < -0.39 is 19.8 Å². The van der Waals surface area contributed by atoms with Crippen molar-refractivity contribution in [3.8, 4) is 0 Å². The summed E-state index contributed by atoms with van der Waals surface area (Å²) in [7, 11) is 0. The van der Waals surface area contributed by atoms with Gasteiger partial charge in [-0.3, -0.25) is 0 Å². The van der Waals surface area contributed by atoms with Gasteiger partial charge in [-0.15, -0.1) is 0 Å². The summed E-state index contributed by atoms with van der Waals surface area (Å²) in [5.74, 6) is 0.777. The first-order valence-electron chi connectivity index (χ1n) is 7.49. The van der Waals surface area contributed by atoms with Crippen LogP contribution in [0, 0.1) is 0 Å². The topological polar surface area (TPSA) is 134 Å². The molecule has 9 nitrogen and oxygen atoms in total. The molecule has 0 rings (SSSR count). The standard InChI is InChI=1S/C10H24NO3PS.C2H5O.Mn.H3N.3O/c1-5-11(6-2)9-10-16-15(12,13-7-3)14-8-4;1-2-3;;;;;/h5-10H2,1-4H3;2H2,1H3;;1H3;;;/q;-1;+1;;;;. The Bertz CT molecular complexity index is 456. The Morgan fingerprint density at radius 1 is 0.917 bits per heavy atom. The van der Waals surface area contributed by atoms with Crippen LogP contribution in [0.5, 0.6) is 0 Å². The van der Waals surface area contributed by atoms with Crippen LogP contribution in [0.15, 0.2) is 0 Å². The van der Waals surface area contributed by atoms with Crippen LogP contribution in [-0.4, -0.2) is 50.1 Å². The van der Waals surface area contributed by atoms with Crippen molar-refractivity contribution in [2.75, 3.05) is 45.2 Å². The van der Waals surface area contributed by atoms with Gasteiger partial charge in [0.2, 0.25) is 0 Å². The number of nitrogens with zero attached hydrogens (tertiary/aromatic N) is 1. The molecule has 0 aromatic heterocycles. The maximum atomic E-state index is 12.1. The van der Waals surface area contributed by atoms with E-state index in [-0.39, 0.29) is 12.8 Å². The van der Waals surface area contributed by atoms with Crippen LogP contribution in [0.1, 0.15) is 34.6 Å². The number of rotatable bonds is 12. The van der Waals surface area contributed by atoms with E-state index in [1.165, 1.54) is 18.3 Å². The minimum Gasteiger partial charge on any atom is -0.344 e. The van der Waals surface area contributed by atoms with E-state index in [0.29, 0.717) is 13.2 Å². The molecule has 150 valence electrons. The number of hydrogen-bond acceptors (Lipinski definition) is 10. The van der Waals surface area contributed by atoms with E-state index in [9.17, 15) is 16.1 Å². The molecule has 0 aromatic rings. The molecule has 0 unspecified atom stereocenters. The Morgan fingerprint density at radius 2 is 1.38 bits per heavy atom. The predicted octanol–water partition coefficient (Wildman–Crippen LogP) is 3.53. The molecule has 0 fully saturated rings. The zero-order chi connectivity index (χ0) is 18.4. The summed E-state index contributed by atoms with van der Waals surface area (Å²) in [5.41, 5.74) is 0. The van der Waals surface area contributed by atoms with Gasteiger partial charge >= 0.3 is 48.6 Å². The maximum absolute atomic E-state index is 12.1. The van der Waals surface area contributed by atoms with Gasteiger partial charge in [0.05, 0.1) is 13.2 Å². The molecule has 24 heavy (non-hydrogen) atoms. The van der Waals surface area contributed by atoms with Gasteiger partial charge in [0.1, 0.15) is 0 Å². The minimum absolute atomic E-state index is 0. The van der Waals surface area contributed by atoms with E-state index in [0.717, 1.165) is 25.4 Å². The SMILES string of the molecule is CCOP(=O)(OCC)SCCN(CC)CC.CC[O][Mn](=[O])(=[O])=[O].N. The van der Waals surface area contributed by atoms with E-state index in [1.54, 1.807) is 0 Å². The maximum Gasteiger partial charge on any atom is -0.344 e. The van der Waals surface area contributed by atoms with Crippen LogP contribution in [0.2, 0.25) is 0 Å². The van der Waals surface area contributed by atoms with Crippen LogP contribution in [0.4, 0.5) is 0 Å². The van der Waals surface area contributed by atoms with Crippen molar-refractivity contribution in [2.24, 2.45) is 0 Å². The zero-order valence-corrected chi connectivity index (χ0v) is 18.1. The van der Waals surface area contributed by atoms with E-state index in [1.807, 2.05) is 13.8 Å². The largest absolute Gasteiger partial charge is 0.344 e. The normalized spacial score (nSPS) is 11.6. The average molecular weight is 434 g/mol. The second-order valence-electron chi connectivity index (χ2n) is 3.92. The first-order valence-corrected chi connectivity index (χ1v) is 12.5. The third-order valence-corrected chi connectivity index (χ3v) is 7.09. The average Bonchev–Trinajstić information content (AvgIpc) is 2.43. The second kappa shape index (κ2) is 16.8. The molecule has 0 aliphatic rings. The molecule has 0 spiro atoms. The molecular formula is C12H32MnN2O7PS. The molecule has 0 aromatic carbocycles. The second-order valence-corrected chi connectivity index (χ2v) is 9.63. The van der Waals surface area contributed by atoms with Crippen molar-refractivity contribution in [3.05, 3.63) is 0 Å². The van der Waals surface area contributed by atoms with E-state index in [2.05, 4.69) is 22.6 Å². The van der Waals surface area contributed by atoms with E-state index in [4.69, 9.17) is 9.05 Å². The molecule has 0 atom stereocenters. The summed E-state index contributed by atoms with van der Waals surface area (Å²) in [6.45, 7) is 10.2. The molecule has 0 saturated heterocycles. The molecule has 0 heterocycles. The fraction of sp³-hybridized carbons (Fsp3) is 1.00. The summed E-state index contributed by atoms with van der Waals surface area (Å²) in [4.78, 5) is 2.29. The Hall–Kier alpha value is 0.299. The molecule has 0 saturated carbocycles.